The minimum Gasteiger partial charge on any atom is -0.480 e. The highest BCUT2D eigenvalue weighted by Gasteiger charge is 2.34. The Morgan fingerprint density at radius 2 is 1.13 bits per heavy atom. The second-order valence-electron chi connectivity index (χ2n) is 14.4. The second kappa shape index (κ2) is 30.0. The zero-order valence-corrected chi connectivity index (χ0v) is 35.1. The molecule has 0 aliphatic heterocycles. The monoisotopic (exact) mass is 882 g/mol. The van der Waals surface area contributed by atoms with E-state index in [-0.39, 0.29) is 76.5 Å². The number of aromatic nitrogens is 2. The number of aliphatic hydroxyl groups excluding tert-OH is 1. The number of carboxylic acid groups (broad SMARTS) is 1. The van der Waals surface area contributed by atoms with Crippen LogP contribution in [0, 0.1) is 0 Å². The number of rotatable bonds is 32. The third kappa shape index (κ3) is 22.5. The summed E-state index contributed by atoms with van der Waals surface area (Å²) in [5, 5.41) is 34.6. The fourth-order valence-corrected chi connectivity index (χ4v) is 5.80. The van der Waals surface area contributed by atoms with Crippen molar-refractivity contribution in [2.24, 2.45) is 50.1 Å². The van der Waals surface area contributed by atoms with Crippen molar-refractivity contribution in [1.82, 2.24) is 41.9 Å². The van der Waals surface area contributed by atoms with Crippen molar-refractivity contribution in [1.29, 1.82) is 0 Å². The first-order chi connectivity index (χ1) is 29.4. The molecule has 1 aromatic rings. The van der Waals surface area contributed by atoms with E-state index in [1.165, 1.54) is 19.4 Å². The van der Waals surface area contributed by atoms with E-state index in [0.717, 1.165) is 0 Å². The molecule has 0 bridgehead atoms. The molecule has 1 aromatic heterocycles. The first-order valence-electron chi connectivity index (χ1n) is 20.3. The molecule has 0 saturated carbocycles. The Kier molecular flexibility index (Phi) is 26.1. The van der Waals surface area contributed by atoms with Gasteiger partial charge in [-0.1, -0.05) is 6.42 Å². The molecule has 7 atom stereocenters. The van der Waals surface area contributed by atoms with Gasteiger partial charge in [0.15, 0.2) is 11.9 Å². The summed E-state index contributed by atoms with van der Waals surface area (Å²) in [4.78, 5) is 107. The van der Waals surface area contributed by atoms with E-state index in [2.05, 4.69) is 51.9 Å². The van der Waals surface area contributed by atoms with E-state index in [0.29, 0.717) is 37.9 Å². The molecule has 0 spiro atoms. The fourth-order valence-electron chi connectivity index (χ4n) is 5.80. The summed E-state index contributed by atoms with van der Waals surface area (Å²) >= 11 is 0. The van der Waals surface area contributed by atoms with Crippen LogP contribution < -0.4 is 72.0 Å². The maximum atomic E-state index is 14.1. The van der Waals surface area contributed by atoms with Crippen molar-refractivity contribution in [3.63, 3.8) is 0 Å². The van der Waals surface area contributed by atoms with Crippen LogP contribution >= 0.6 is 0 Å². The smallest absolute Gasteiger partial charge is 0.322 e. The molecule has 0 fully saturated rings. The summed E-state index contributed by atoms with van der Waals surface area (Å²) in [5.41, 5.74) is 39.3. The van der Waals surface area contributed by atoms with Gasteiger partial charge in [-0.3, -0.25) is 43.5 Å². The van der Waals surface area contributed by atoms with Crippen molar-refractivity contribution in [3.8, 4) is 0 Å². The molecule has 0 saturated heterocycles. The van der Waals surface area contributed by atoms with Crippen LogP contribution in [0.3, 0.4) is 0 Å². The average Bonchev–Trinajstić information content (AvgIpc) is 3.73. The van der Waals surface area contributed by atoms with E-state index in [1.807, 2.05) is 0 Å². The van der Waals surface area contributed by atoms with E-state index in [4.69, 9.17) is 45.2 Å². The number of imidazole rings is 1. The van der Waals surface area contributed by atoms with Gasteiger partial charge in [0.05, 0.1) is 18.5 Å². The van der Waals surface area contributed by atoms with E-state index < -0.39 is 90.3 Å². The third-order valence-corrected chi connectivity index (χ3v) is 9.13. The number of unbranched alkanes of at least 4 members (excludes halogenated alkanes) is 2. The number of carboxylic acids is 1. The van der Waals surface area contributed by atoms with Crippen LogP contribution in [0.2, 0.25) is 0 Å². The Labute approximate surface area is 359 Å². The highest BCUT2D eigenvalue weighted by Crippen LogP contribution is 2.09. The van der Waals surface area contributed by atoms with Crippen LogP contribution in [0.1, 0.15) is 76.8 Å². The van der Waals surface area contributed by atoms with Crippen molar-refractivity contribution in [2.45, 2.75) is 120 Å². The number of hydrogen-bond donors (Lipinski definition) is 16. The van der Waals surface area contributed by atoms with Crippen LogP contribution in [-0.4, -0.2) is 149 Å². The number of carbonyl (C=O) groups excluding carboxylic acids is 6. The van der Waals surface area contributed by atoms with Gasteiger partial charge in [-0.25, -0.2) is 4.98 Å². The maximum Gasteiger partial charge on any atom is 0.322 e. The number of aliphatic hydroxyl groups is 1. The lowest BCUT2D eigenvalue weighted by molar-refractivity contribution is -0.138. The van der Waals surface area contributed by atoms with Crippen molar-refractivity contribution in [2.75, 3.05) is 32.7 Å². The van der Waals surface area contributed by atoms with Gasteiger partial charge in [0.1, 0.15) is 36.8 Å². The molecule has 0 aliphatic carbocycles. The number of hydrogen-bond acceptors (Lipinski definition) is 14. The number of carbonyl (C=O) groups is 7. The molecule has 6 amide bonds. The molecule has 23 N–H and O–H groups in total. The highest BCUT2D eigenvalue weighted by atomic mass is 16.4. The van der Waals surface area contributed by atoms with E-state index in [1.54, 1.807) is 0 Å². The van der Waals surface area contributed by atoms with Crippen molar-refractivity contribution >= 4 is 53.3 Å². The summed E-state index contributed by atoms with van der Waals surface area (Å²) in [6.07, 6.45) is 3.73. The molecule has 0 radical (unpaired) electrons. The second-order valence-corrected chi connectivity index (χ2v) is 14.4. The minimum atomic E-state index is -1.52. The summed E-state index contributed by atoms with van der Waals surface area (Å²) in [6, 6.07) is -7.85. The van der Waals surface area contributed by atoms with Gasteiger partial charge in [0.2, 0.25) is 35.4 Å². The zero-order chi connectivity index (χ0) is 46.6. The van der Waals surface area contributed by atoms with Crippen LogP contribution in [0.15, 0.2) is 22.5 Å². The highest BCUT2D eigenvalue weighted by molar-refractivity contribution is 5.97. The van der Waals surface area contributed by atoms with E-state index >= 15 is 0 Å². The molecule has 0 aromatic carbocycles. The Hall–Kier alpha value is -6.12. The Morgan fingerprint density at radius 3 is 1.60 bits per heavy atom. The molecule has 350 valence electrons. The standard InChI is InChI=1S/C36H67N17O9/c1-20(54)28(53-29(57)22(39)8-2-4-12-37)34(62)51-25(11-7-15-46-36(42)43)31(59)50-24(9-3-5-13-38)32(60)52-26(16-21-17-44-19-48-21)33(61)49-23(10-6-14-45-35(40)41)30(58)47-18-27(55)56/h17,19-20,22-26,28,54H,2-16,18,37-39H2,1H3,(H,44,48)(H,47,58)(H,49,61)(H,50,59)(H,51,62)(H,52,60)(H,53,57)(H,55,56)(H4,40,41,45)(H4,42,43,46). The fraction of sp³-hybridized carbons (Fsp3) is 0.667. The average molecular weight is 882 g/mol. The summed E-state index contributed by atoms with van der Waals surface area (Å²) in [7, 11) is 0. The Balaban J connectivity index is 3.43. The molecule has 26 heteroatoms. The largest absolute Gasteiger partial charge is 0.480 e. The first-order valence-corrected chi connectivity index (χ1v) is 20.3. The van der Waals surface area contributed by atoms with Gasteiger partial charge in [-0.2, -0.15) is 0 Å². The predicted molar refractivity (Wildman–Crippen MR) is 228 cm³/mol. The summed E-state index contributed by atoms with van der Waals surface area (Å²) in [5.74, 6) is -6.68. The number of nitrogens with zero attached hydrogens (tertiary/aromatic N) is 3. The lowest BCUT2D eigenvalue weighted by Crippen LogP contribution is -2.61. The van der Waals surface area contributed by atoms with Gasteiger partial charge in [0.25, 0.3) is 0 Å². The number of H-pyrrole nitrogens is 1. The zero-order valence-electron chi connectivity index (χ0n) is 35.1. The molecule has 7 unspecified atom stereocenters. The molecule has 62 heavy (non-hydrogen) atoms. The molecule has 1 heterocycles. The summed E-state index contributed by atoms with van der Waals surface area (Å²) < 4.78 is 0. The lowest BCUT2D eigenvalue weighted by atomic mass is 10.0. The van der Waals surface area contributed by atoms with Crippen molar-refractivity contribution < 1.29 is 43.8 Å². The van der Waals surface area contributed by atoms with Crippen LogP contribution in [-0.2, 0) is 40.0 Å². The topological polar surface area (TPSA) is 468 Å². The number of nitrogens with one attached hydrogen (secondary N) is 7. The van der Waals surface area contributed by atoms with E-state index in [9.17, 15) is 38.7 Å². The minimum absolute atomic E-state index is 0.0199. The number of aliphatic imine (C=N–C) groups is 2. The number of aliphatic carboxylic acids is 1. The Bertz CT molecular complexity index is 1620. The first kappa shape index (κ1) is 53.9. The third-order valence-electron chi connectivity index (χ3n) is 9.13. The SMILES string of the molecule is CC(O)C(NC(=O)C(N)CCCCN)C(=O)NC(CCCN=C(N)N)C(=O)NC(CCCCN)C(=O)NC(Cc1cnc[nH]1)C(=O)NC(CCCN=C(N)N)C(=O)NCC(=O)O. The predicted octanol–water partition coefficient (Wildman–Crippen LogP) is -6.35. The number of guanidine groups is 2. The van der Waals surface area contributed by atoms with Gasteiger partial charge < -0.3 is 87.2 Å². The van der Waals surface area contributed by atoms with Crippen molar-refractivity contribution in [3.05, 3.63) is 18.2 Å². The number of amides is 6. The summed E-state index contributed by atoms with van der Waals surface area (Å²) in [6.45, 7) is 1.35. The Morgan fingerprint density at radius 1 is 0.661 bits per heavy atom. The van der Waals surface area contributed by atoms with Gasteiger partial charge in [0, 0.05) is 31.4 Å². The number of nitrogens with two attached hydrogens (primary N) is 7. The maximum absolute atomic E-state index is 14.1. The molecular weight excluding hydrogens is 815 g/mol. The quantitative estimate of drug-likeness (QED) is 0.0182. The number of aromatic amines is 1. The lowest BCUT2D eigenvalue weighted by Gasteiger charge is -2.28. The van der Waals surface area contributed by atoms with Gasteiger partial charge >= 0.3 is 5.97 Å². The van der Waals surface area contributed by atoms with Crippen LogP contribution in [0.25, 0.3) is 0 Å². The van der Waals surface area contributed by atoms with Gasteiger partial charge in [-0.15, -0.1) is 0 Å². The van der Waals surface area contributed by atoms with Gasteiger partial charge in [-0.05, 0) is 77.8 Å². The molecular formula is C36H67N17O9. The normalized spacial score (nSPS) is 14.3. The molecule has 0 aliphatic rings. The van der Waals surface area contributed by atoms with Crippen LogP contribution in [0.4, 0.5) is 0 Å². The van der Waals surface area contributed by atoms with Crippen LogP contribution in [0.5, 0.6) is 0 Å². The molecule has 26 nitrogen and oxygen atoms in total. The molecule has 1 rings (SSSR count).